The Bertz CT molecular complexity index is 849. The van der Waals surface area contributed by atoms with E-state index >= 15 is 0 Å². The van der Waals surface area contributed by atoms with Crippen LogP contribution in [0.15, 0.2) is 24.4 Å². The highest BCUT2D eigenvalue weighted by Gasteiger charge is 2.27. The Morgan fingerprint density at radius 2 is 2.00 bits per heavy atom. The third-order valence-electron chi connectivity index (χ3n) is 4.00. The van der Waals surface area contributed by atoms with Gasteiger partial charge in [-0.1, -0.05) is 0 Å². The van der Waals surface area contributed by atoms with Gasteiger partial charge in [-0.05, 0) is 62.1 Å². The zero-order valence-corrected chi connectivity index (χ0v) is 12.7. The lowest BCUT2D eigenvalue weighted by Crippen LogP contribution is -1.96. The zero-order valence-electron chi connectivity index (χ0n) is 12.0. The van der Waals surface area contributed by atoms with Crippen LogP contribution in [-0.2, 0) is 0 Å². The van der Waals surface area contributed by atoms with Crippen LogP contribution in [-0.4, -0.2) is 19.5 Å². The molecular formula is C16H15ClN4. The standard InChI is InChI=1S/C16H15ClN4/c1-9-7-11(13-5-6-18-16(17)20-13)8-14-15(9)19-10(2)21(14)12-3-4-12/h5-8,12H,3-4H2,1-2H3. The molecule has 0 saturated heterocycles. The summed E-state index contributed by atoms with van der Waals surface area (Å²) in [6, 6.07) is 6.78. The van der Waals surface area contributed by atoms with Crippen LogP contribution in [0.5, 0.6) is 0 Å². The summed E-state index contributed by atoms with van der Waals surface area (Å²) < 4.78 is 2.36. The molecule has 0 N–H and O–H groups in total. The molecule has 1 aliphatic carbocycles. The molecule has 4 rings (SSSR count). The van der Waals surface area contributed by atoms with Crippen LogP contribution in [0.2, 0.25) is 5.28 Å². The Labute approximate surface area is 127 Å². The van der Waals surface area contributed by atoms with Gasteiger partial charge in [-0.3, -0.25) is 0 Å². The van der Waals surface area contributed by atoms with Gasteiger partial charge in [0.05, 0.1) is 16.7 Å². The van der Waals surface area contributed by atoms with E-state index in [1.807, 2.05) is 6.07 Å². The fourth-order valence-electron chi connectivity index (χ4n) is 2.92. The maximum absolute atomic E-state index is 5.91. The van der Waals surface area contributed by atoms with Crippen molar-refractivity contribution in [1.82, 2.24) is 19.5 Å². The Hall–Kier alpha value is -1.94. The van der Waals surface area contributed by atoms with Crippen LogP contribution in [0.1, 0.15) is 30.3 Å². The third-order valence-corrected chi connectivity index (χ3v) is 4.18. The molecule has 0 spiro atoms. The van der Waals surface area contributed by atoms with Crippen molar-refractivity contribution in [3.05, 3.63) is 41.1 Å². The lowest BCUT2D eigenvalue weighted by molar-refractivity contribution is 0.734. The first kappa shape index (κ1) is 12.8. The van der Waals surface area contributed by atoms with Crippen molar-refractivity contribution in [2.45, 2.75) is 32.7 Å². The minimum absolute atomic E-state index is 0.275. The van der Waals surface area contributed by atoms with Crippen LogP contribution >= 0.6 is 11.6 Å². The molecule has 1 aliphatic rings. The SMILES string of the molecule is Cc1cc(-c2ccnc(Cl)n2)cc2c1nc(C)n2C1CC1. The predicted molar refractivity (Wildman–Crippen MR) is 83.5 cm³/mol. The van der Waals surface area contributed by atoms with Gasteiger partial charge in [-0.2, -0.15) is 0 Å². The summed E-state index contributed by atoms with van der Waals surface area (Å²) in [5.41, 5.74) is 5.36. The number of nitrogens with zero attached hydrogens (tertiary/aromatic N) is 4. The van der Waals surface area contributed by atoms with Crippen LogP contribution in [0, 0.1) is 13.8 Å². The third kappa shape index (κ3) is 2.10. The molecule has 106 valence electrons. The number of rotatable bonds is 2. The molecule has 2 heterocycles. The van der Waals surface area contributed by atoms with Crippen LogP contribution in [0.25, 0.3) is 22.3 Å². The van der Waals surface area contributed by atoms with E-state index in [9.17, 15) is 0 Å². The van der Waals surface area contributed by atoms with E-state index < -0.39 is 0 Å². The van der Waals surface area contributed by atoms with Crippen molar-refractivity contribution in [2.75, 3.05) is 0 Å². The molecule has 0 radical (unpaired) electrons. The molecule has 3 aromatic rings. The van der Waals surface area contributed by atoms with E-state index in [-0.39, 0.29) is 5.28 Å². The second-order valence-corrected chi connectivity index (χ2v) is 5.97. The highest BCUT2D eigenvalue weighted by atomic mass is 35.5. The average Bonchev–Trinajstić information content (AvgIpc) is 3.22. The number of aryl methyl sites for hydroxylation is 2. The summed E-state index contributed by atoms with van der Waals surface area (Å²) in [6.07, 6.45) is 4.18. The number of imidazole rings is 1. The van der Waals surface area contributed by atoms with Crippen molar-refractivity contribution in [1.29, 1.82) is 0 Å². The number of benzene rings is 1. The normalized spacial score (nSPS) is 14.8. The van der Waals surface area contributed by atoms with Gasteiger partial charge in [0, 0.05) is 17.8 Å². The van der Waals surface area contributed by atoms with Crippen molar-refractivity contribution < 1.29 is 0 Å². The summed E-state index contributed by atoms with van der Waals surface area (Å²) in [4.78, 5) is 13.0. The molecule has 0 atom stereocenters. The lowest BCUT2D eigenvalue weighted by atomic mass is 10.1. The van der Waals surface area contributed by atoms with Gasteiger partial charge in [0.1, 0.15) is 5.82 Å². The Morgan fingerprint density at radius 1 is 1.19 bits per heavy atom. The van der Waals surface area contributed by atoms with Gasteiger partial charge in [-0.25, -0.2) is 15.0 Å². The monoisotopic (exact) mass is 298 g/mol. The predicted octanol–water partition coefficient (Wildman–Crippen LogP) is 4.10. The molecular weight excluding hydrogens is 284 g/mol. The minimum Gasteiger partial charge on any atom is -0.325 e. The maximum atomic E-state index is 5.91. The molecule has 5 heteroatoms. The summed E-state index contributed by atoms with van der Waals surface area (Å²) in [6.45, 7) is 4.18. The molecule has 21 heavy (non-hydrogen) atoms. The lowest BCUT2D eigenvalue weighted by Gasteiger charge is -2.07. The number of hydrogen-bond acceptors (Lipinski definition) is 3. The molecule has 1 saturated carbocycles. The van der Waals surface area contributed by atoms with Gasteiger partial charge in [0.25, 0.3) is 0 Å². The van der Waals surface area contributed by atoms with Gasteiger partial charge >= 0.3 is 0 Å². The van der Waals surface area contributed by atoms with Crippen molar-refractivity contribution in [3.8, 4) is 11.3 Å². The first-order valence-electron chi connectivity index (χ1n) is 7.11. The first-order chi connectivity index (χ1) is 10.1. The van der Waals surface area contributed by atoms with Crippen molar-refractivity contribution in [2.24, 2.45) is 0 Å². The second-order valence-electron chi connectivity index (χ2n) is 5.63. The highest BCUT2D eigenvalue weighted by molar-refractivity contribution is 6.28. The van der Waals surface area contributed by atoms with Crippen molar-refractivity contribution >= 4 is 22.6 Å². The second kappa shape index (κ2) is 4.53. The first-order valence-corrected chi connectivity index (χ1v) is 7.49. The molecule has 0 bridgehead atoms. The van der Waals surface area contributed by atoms with Crippen molar-refractivity contribution in [3.63, 3.8) is 0 Å². The highest BCUT2D eigenvalue weighted by Crippen LogP contribution is 2.39. The molecule has 0 aliphatic heterocycles. The Kier molecular flexibility index (Phi) is 2.76. The smallest absolute Gasteiger partial charge is 0.222 e. The van der Waals surface area contributed by atoms with E-state index in [0.717, 1.165) is 22.6 Å². The Morgan fingerprint density at radius 3 is 2.71 bits per heavy atom. The van der Waals surface area contributed by atoms with Crippen LogP contribution in [0.3, 0.4) is 0 Å². The van der Waals surface area contributed by atoms with Gasteiger partial charge in [-0.15, -0.1) is 0 Å². The molecule has 4 nitrogen and oxygen atoms in total. The van der Waals surface area contributed by atoms with E-state index in [1.54, 1.807) is 6.20 Å². The number of fused-ring (bicyclic) bond motifs is 1. The minimum atomic E-state index is 0.275. The summed E-state index contributed by atoms with van der Waals surface area (Å²) >= 11 is 5.91. The van der Waals surface area contributed by atoms with Crippen LogP contribution in [0.4, 0.5) is 0 Å². The summed E-state index contributed by atoms with van der Waals surface area (Å²) in [7, 11) is 0. The maximum Gasteiger partial charge on any atom is 0.222 e. The van der Waals surface area contributed by atoms with Gasteiger partial charge < -0.3 is 4.57 Å². The molecule has 0 unspecified atom stereocenters. The number of aromatic nitrogens is 4. The summed E-state index contributed by atoms with van der Waals surface area (Å²) in [5.74, 6) is 1.09. The van der Waals surface area contributed by atoms with E-state index in [0.29, 0.717) is 6.04 Å². The molecule has 1 aromatic carbocycles. The fraction of sp³-hybridized carbons (Fsp3) is 0.312. The van der Waals surface area contributed by atoms with E-state index in [2.05, 4.69) is 40.5 Å². The molecule has 1 fully saturated rings. The van der Waals surface area contributed by atoms with Gasteiger partial charge in [0.15, 0.2) is 0 Å². The quantitative estimate of drug-likeness (QED) is 0.669. The van der Waals surface area contributed by atoms with Gasteiger partial charge in [0.2, 0.25) is 5.28 Å². The zero-order chi connectivity index (χ0) is 14.6. The van der Waals surface area contributed by atoms with E-state index in [4.69, 9.17) is 16.6 Å². The summed E-state index contributed by atoms with van der Waals surface area (Å²) in [5, 5.41) is 0.275. The van der Waals surface area contributed by atoms with Crippen LogP contribution < -0.4 is 0 Å². The Balaban J connectivity index is 1.97. The fourth-order valence-corrected chi connectivity index (χ4v) is 3.06. The largest absolute Gasteiger partial charge is 0.325 e. The topological polar surface area (TPSA) is 43.6 Å². The van der Waals surface area contributed by atoms with E-state index in [1.165, 1.54) is 23.9 Å². The molecule has 0 amide bonds. The number of hydrogen-bond donors (Lipinski definition) is 0. The number of halogens is 1. The average molecular weight is 299 g/mol. The molecule has 2 aromatic heterocycles.